The van der Waals surface area contributed by atoms with E-state index in [1.165, 1.54) is 0 Å². The fraction of sp³-hybridized carbons (Fsp3) is 0.278. The minimum Gasteiger partial charge on any atom is -0.466 e. The zero-order chi connectivity index (χ0) is 16.5. The van der Waals surface area contributed by atoms with Crippen molar-refractivity contribution >= 4 is 11.9 Å². The van der Waals surface area contributed by atoms with Crippen LogP contribution in [0.2, 0.25) is 0 Å². The highest BCUT2D eigenvalue weighted by Crippen LogP contribution is 2.10. The summed E-state index contributed by atoms with van der Waals surface area (Å²) >= 11 is 0. The summed E-state index contributed by atoms with van der Waals surface area (Å²) in [6.45, 7) is 2.75. The number of pyridine rings is 1. The average molecular weight is 312 g/mol. The predicted molar refractivity (Wildman–Crippen MR) is 86.7 cm³/mol. The lowest BCUT2D eigenvalue weighted by Gasteiger charge is -2.22. The van der Waals surface area contributed by atoms with Crippen LogP contribution < -0.4 is 0 Å². The number of hydrogen-bond acceptors (Lipinski definition) is 4. The van der Waals surface area contributed by atoms with E-state index in [0.29, 0.717) is 25.3 Å². The van der Waals surface area contributed by atoms with Crippen LogP contribution in [-0.4, -0.2) is 34.9 Å². The van der Waals surface area contributed by atoms with Crippen molar-refractivity contribution < 1.29 is 14.3 Å². The van der Waals surface area contributed by atoms with Crippen molar-refractivity contribution in [3.63, 3.8) is 0 Å². The van der Waals surface area contributed by atoms with Gasteiger partial charge >= 0.3 is 5.97 Å². The molecule has 1 heterocycles. The summed E-state index contributed by atoms with van der Waals surface area (Å²) in [5.41, 5.74) is 1.37. The second-order valence-electron chi connectivity index (χ2n) is 4.97. The summed E-state index contributed by atoms with van der Waals surface area (Å²) in [4.78, 5) is 30.1. The Kier molecular flexibility index (Phi) is 6.29. The van der Waals surface area contributed by atoms with Gasteiger partial charge in [0.15, 0.2) is 0 Å². The molecule has 23 heavy (non-hydrogen) atoms. The summed E-state index contributed by atoms with van der Waals surface area (Å²) < 4.78 is 4.94. The Morgan fingerprint density at radius 3 is 2.48 bits per heavy atom. The maximum Gasteiger partial charge on any atom is 0.307 e. The first-order valence-corrected chi connectivity index (χ1v) is 7.60. The van der Waals surface area contributed by atoms with E-state index in [-0.39, 0.29) is 18.3 Å². The molecule has 0 atom stereocenters. The van der Waals surface area contributed by atoms with E-state index in [0.717, 1.165) is 5.69 Å². The average Bonchev–Trinajstić information content (AvgIpc) is 2.60. The van der Waals surface area contributed by atoms with Crippen LogP contribution in [0.4, 0.5) is 0 Å². The largest absolute Gasteiger partial charge is 0.466 e. The first kappa shape index (κ1) is 16.7. The van der Waals surface area contributed by atoms with Crippen LogP contribution in [0, 0.1) is 0 Å². The van der Waals surface area contributed by atoms with Crippen molar-refractivity contribution in [1.29, 1.82) is 0 Å². The number of benzene rings is 1. The highest BCUT2D eigenvalue weighted by atomic mass is 16.5. The van der Waals surface area contributed by atoms with Gasteiger partial charge in [0.25, 0.3) is 5.91 Å². The molecule has 1 aromatic carbocycles. The number of ether oxygens (including phenoxy) is 1. The Morgan fingerprint density at radius 1 is 1.09 bits per heavy atom. The maximum absolute atomic E-state index is 12.7. The summed E-state index contributed by atoms with van der Waals surface area (Å²) in [5.74, 6) is -0.431. The van der Waals surface area contributed by atoms with Crippen LogP contribution >= 0.6 is 0 Å². The topological polar surface area (TPSA) is 59.5 Å². The predicted octanol–water partition coefficient (Wildman–Crippen LogP) is 2.68. The summed E-state index contributed by atoms with van der Waals surface area (Å²) in [7, 11) is 0. The first-order valence-electron chi connectivity index (χ1n) is 7.60. The minimum atomic E-state index is -0.306. The molecule has 0 spiro atoms. The number of carbonyl (C=O) groups excluding carboxylic acids is 2. The Bertz CT molecular complexity index is 629. The fourth-order valence-electron chi connectivity index (χ4n) is 2.16. The lowest BCUT2D eigenvalue weighted by Crippen LogP contribution is -2.33. The van der Waals surface area contributed by atoms with Crippen molar-refractivity contribution in [1.82, 2.24) is 9.88 Å². The van der Waals surface area contributed by atoms with Gasteiger partial charge in [0.2, 0.25) is 0 Å². The van der Waals surface area contributed by atoms with Crippen LogP contribution in [0.15, 0.2) is 54.7 Å². The lowest BCUT2D eigenvalue weighted by molar-refractivity contribution is -0.143. The van der Waals surface area contributed by atoms with Crippen molar-refractivity contribution in [2.24, 2.45) is 0 Å². The fourth-order valence-corrected chi connectivity index (χ4v) is 2.16. The number of carbonyl (C=O) groups is 2. The summed E-state index contributed by atoms with van der Waals surface area (Å²) in [6, 6.07) is 14.6. The Hall–Kier alpha value is -2.69. The molecule has 120 valence electrons. The molecule has 0 fully saturated rings. The quantitative estimate of drug-likeness (QED) is 0.738. The third-order valence-corrected chi connectivity index (χ3v) is 3.28. The van der Waals surface area contributed by atoms with E-state index in [4.69, 9.17) is 4.74 Å². The molecule has 0 N–H and O–H groups in total. The van der Waals surface area contributed by atoms with Crippen molar-refractivity contribution in [3.05, 3.63) is 66.0 Å². The van der Waals surface area contributed by atoms with Gasteiger partial charge in [-0.25, -0.2) is 0 Å². The second kappa shape index (κ2) is 8.68. The summed E-state index contributed by atoms with van der Waals surface area (Å²) in [6.07, 6.45) is 1.85. The van der Waals surface area contributed by atoms with Gasteiger partial charge in [-0.2, -0.15) is 0 Å². The highest BCUT2D eigenvalue weighted by Gasteiger charge is 2.18. The van der Waals surface area contributed by atoms with Crippen molar-refractivity contribution in [2.75, 3.05) is 13.2 Å². The molecule has 0 unspecified atom stereocenters. The maximum atomic E-state index is 12.7. The number of hydrogen-bond donors (Lipinski definition) is 0. The van der Waals surface area contributed by atoms with E-state index in [1.807, 2.05) is 36.4 Å². The number of amides is 1. The van der Waals surface area contributed by atoms with Gasteiger partial charge < -0.3 is 9.64 Å². The minimum absolute atomic E-state index is 0.124. The SMILES string of the molecule is CCOC(=O)CCN(Cc1ccccn1)C(=O)c1ccccc1. The number of nitrogens with zero attached hydrogens (tertiary/aromatic N) is 2. The van der Waals surface area contributed by atoms with Gasteiger partial charge in [0, 0.05) is 18.3 Å². The number of esters is 1. The molecule has 5 heteroatoms. The van der Waals surface area contributed by atoms with Gasteiger partial charge in [0.05, 0.1) is 25.3 Å². The molecule has 2 rings (SSSR count). The van der Waals surface area contributed by atoms with Gasteiger partial charge in [-0.3, -0.25) is 14.6 Å². The van der Waals surface area contributed by atoms with Crippen LogP contribution in [0.1, 0.15) is 29.4 Å². The zero-order valence-electron chi connectivity index (χ0n) is 13.1. The van der Waals surface area contributed by atoms with Crippen molar-refractivity contribution in [3.8, 4) is 0 Å². The summed E-state index contributed by atoms with van der Waals surface area (Å²) in [5, 5.41) is 0. The molecule has 0 saturated heterocycles. The molecule has 0 bridgehead atoms. The number of rotatable bonds is 7. The Balaban J connectivity index is 2.10. The van der Waals surface area contributed by atoms with Crippen LogP contribution in [0.5, 0.6) is 0 Å². The third kappa shape index (κ3) is 5.21. The van der Waals surface area contributed by atoms with E-state index in [1.54, 1.807) is 30.2 Å². The molecule has 0 saturated carbocycles. The molecule has 0 aliphatic carbocycles. The normalized spacial score (nSPS) is 10.1. The molecule has 1 aromatic heterocycles. The van der Waals surface area contributed by atoms with E-state index < -0.39 is 0 Å². The lowest BCUT2D eigenvalue weighted by atomic mass is 10.2. The second-order valence-corrected chi connectivity index (χ2v) is 4.97. The van der Waals surface area contributed by atoms with E-state index in [2.05, 4.69) is 4.98 Å². The molecular weight excluding hydrogens is 292 g/mol. The van der Waals surface area contributed by atoms with E-state index in [9.17, 15) is 9.59 Å². The molecule has 1 amide bonds. The van der Waals surface area contributed by atoms with Gasteiger partial charge in [-0.1, -0.05) is 24.3 Å². The van der Waals surface area contributed by atoms with Crippen LogP contribution in [0.25, 0.3) is 0 Å². The monoisotopic (exact) mass is 312 g/mol. The molecular formula is C18H20N2O3. The first-order chi connectivity index (χ1) is 11.2. The molecule has 5 nitrogen and oxygen atoms in total. The highest BCUT2D eigenvalue weighted by molar-refractivity contribution is 5.94. The van der Waals surface area contributed by atoms with Gasteiger partial charge in [0.1, 0.15) is 0 Å². The molecule has 0 aliphatic rings. The standard InChI is InChI=1S/C18H20N2O3/c1-2-23-17(21)11-13-20(14-16-10-6-7-12-19-16)18(22)15-8-4-3-5-9-15/h3-10,12H,2,11,13-14H2,1H3. The zero-order valence-corrected chi connectivity index (χ0v) is 13.1. The Labute approximate surface area is 135 Å². The molecule has 0 radical (unpaired) electrons. The Morgan fingerprint density at radius 2 is 1.83 bits per heavy atom. The van der Waals surface area contributed by atoms with Crippen molar-refractivity contribution in [2.45, 2.75) is 19.9 Å². The van der Waals surface area contributed by atoms with Gasteiger partial charge in [-0.15, -0.1) is 0 Å². The number of aromatic nitrogens is 1. The molecule has 2 aromatic rings. The smallest absolute Gasteiger partial charge is 0.307 e. The van der Waals surface area contributed by atoms with Crippen LogP contribution in [0.3, 0.4) is 0 Å². The van der Waals surface area contributed by atoms with Gasteiger partial charge in [-0.05, 0) is 31.2 Å². The molecule has 0 aliphatic heterocycles. The van der Waals surface area contributed by atoms with Crippen LogP contribution in [-0.2, 0) is 16.1 Å². The van der Waals surface area contributed by atoms with E-state index >= 15 is 0 Å². The third-order valence-electron chi connectivity index (χ3n) is 3.28.